The lowest BCUT2D eigenvalue weighted by Crippen LogP contribution is -2.43. The molecule has 6 heteroatoms. The van der Waals surface area contributed by atoms with E-state index in [0.717, 1.165) is 25.5 Å². The minimum Gasteiger partial charge on any atom is -0.356 e. The van der Waals surface area contributed by atoms with Crippen LogP contribution in [0.25, 0.3) is 0 Å². The number of amides is 1. The predicted octanol–water partition coefficient (Wildman–Crippen LogP) is 0.494. The quantitative estimate of drug-likeness (QED) is 0.694. The van der Waals surface area contributed by atoms with Crippen molar-refractivity contribution in [1.29, 1.82) is 0 Å². The highest BCUT2D eigenvalue weighted by Gasteiger charge is 2.09. The largest absolute Gasteiger partial charge is 0.356 e. The molecule has 0 aromatic heterocycles. The van der Waals surface area contributed by atoms with E-state index in [9.17, 15) is 9.18 Å². The van der Waals surface area contributed by atoms with Crippen molar-refractivity contribution in [3.8, 4) is 0 Å². The van der Waals surface area contributed by atoms with Crippen LogP contribution in [0.1, 0.15) is 16.8 Å². The molecule has 0 saturated heterocycles. The van der Waals surface area contributed by atoms with Gasteiger partial charge in [0.25, 0.3) is 5.91 Å². The highest BCUT2D eigenvalue weighted by atomic mass is 19.1. The predicted molar refractivity (Wildman–Crippen MR) is 71.7 cm³/mol. The summed E-state index contributed by atoms with van der Waals surface area (Å²) >= 11 is 0. The fourth-order valence-electron chi connectivity index (χ4n) is 1.75. The summed E-state index contributed by atoms with van der Waals surface area (Å²) in [4.78, 5) is 15.9. The molecule has 0 fully saturated rings. The molecule has 0 radical (unpaired) electrons. The van der Waals surface area contributed by atoms with E-state index in [4.69, 9.17) is 0 Å². The van der Waals surface area contributed by atoms with Gasteiger partial charge in [-0.3, -0.25) is 9.79 Å². The Morgan fingerprint density at radius 1 is 1.37 bits per heavy atom. The second kappa shape index (κ2) is 6.72. The van der Waals surface area contributed by atoms with Crippen LogP contribution < -0.4 is 16.0 Å². The molecule has 0 saturated carbocycles. The van der Waals surface area contributed by atoms with Gasteiger partial charge in [-0.2, -0.15) is 0 Å². The van der Waals surface area contributed by atoms with Gasteiger partial charge in [0.05, 0.1) is 5.56 Å². The Morgan fingerprint density at radius 2 is 2.21 bits per heavy atom. The number of guanidine groups is 1. The third kappa shape index (κ3) is 3.94. The summed E-state index contributed by atoms with van der Waals surface area (Å²) in [6.45, 7) is 2.68. The lowest BCUT2D eigenvalue weighted by molar-refractivity contribution is 0.0950. The van der Waals surface area contributed by atoms with Crippen LogP contribution in [0.5, 0.6) is 0 Å². The van der Waals surface area contributed by atoms with E-state index in [1.54, 1.807) is 12.1 Å². The zero-order valence-corrected chi connectivity index (χ0v) is 10.6. The number of carbonyl (C=O) groups is 1. The van der Waals surface area contributed by atoms with E-state index in [2.05, 4.69) is 20.9 Å². The molecule has 0 unspecified atom stereocenters. The maximum absolute atomic E-state index is 13.3. The Balaban J connectivity index is 1.72. The SMILES string of the molecule is O=C(NCCNC1=NCCCN1)c1ccccc1F. The summed E-state index contributed by atoms with van der Waals surface area (Å²) < 4.78 is 13.3. The number of hydrogen-bond acceptors (Lipinski definition) is 4. The van der Waals surface area contributed by atoms with Gasteiger partial charge in [-0.15, -0.1) is 0 Å². The number of rotatable bonds is 4. The van der Waals surface area contributed by atoms with Gasteiger partial charge in [0.2, 0.25) is 0 Å². The second-order valence-electron chi connectivity index (χ2n) is 4.17. The molecule has 0 atom stereocenters. The van der Waals surface area contributed by atoms with E-state index < -0.39 is 11.7 Å². The minimum absolute atomic E-state index is 0.0654. The first-order valence-electron chi connectivity index (χ1n) is 6.32. The topological polar surface area (TPSA) is 65.5 Å². The molecule has 3 N–H and O–H groups in total. The number of nitrogens with one attached hydrogen (secondary N) is 3. The summed E-state index contributed by atoms with van der Waals surface area (Å²) in [7, 11) is 0. The van der Waals surface area contributed by atoms with Crippen LogP contribution >= 0.6 is 0 Å². The molecule has 0 bridgehead atoms. The Bertz CT molecular complexity index is 475. The number of carbonyl (C=O) groups excluding carboxylic acids is 1. The van der Waals surface area contributed by atoms with E-state index >= 15 is 0 Å². The van der Waals surface area contributed by atoms with Crippen molar-refractivity contribution in [2.75, 3.05) is 26.2 Å². The van der Waals surface area contributed by atoms with Crippen molar-refractivity contribution in [2.24, 2.45) is 4.99 Å². The number of halogens is 1. The summed E-state index contributed by atoms with van der Waals surface area (Å²) in [6, 6.07) is 5.93. The molecule has 5 nitrogen and oxygen atoms in total. The maximum atomic E-state index is 13.3. The fraction of sp³-hybridized carbons (Fsp3) is 0.385. The zero-order valence-electron chi connectivity index (χ0n) is 10.6. The number of hydrogen-bond donors (Lipinski definition) is 3. The van der Waals surface area contributed by atoms with Crippen molar-refractivity contribution in [1.82, 2.24) is 16.0 Å². The second-order valence-corrected chi connectivity index (χ2v) is 4.17. The van der Waals surface area contributed by atoms with Crippen LogP contribution in [0, 0.1) is 5.82 Å². The van der Waals surface area contributed by atoms with Crippen LogP contribution in [0.4, 0.5) is 4.39 Å². The minimum atomic E-state index is -0.508. The Kier molecular flexibility index (Phi) is 4.72. The first-order valence-corrected chi connectivity index (χ1v) is 6.32. The van der Waals surface area contributed by atoms with Crippen LogP contribution in [-0.4, -0.2) is 38.0 Å². The molecule has 1 amide bonds. The summed E-state index contributed by atoms with van der Waals surface area (Å²) in [5, 5.41) is 8.84. The van der Waals surface area contributed by atoms with Crippen molar-refractivity contribution in [3.05, 3.63) is 35.6 Å². The van der Waals surface area contributed by atoms with Gasteiger partial charge in [0, 0.05) is 26.2 Å². The normalized spacial score (nSPS) is 14.3. The molecular weight excluding hydrogens is 247 g/mol. The fourth-order valence-corrected chi connectivity index (χ4v) is 1.75. The van der Waals surface area contributed by atoms with Crippen molar-refractivity contribution in [2.45, 2.75) is 6.42 Å². The van der Waals surface area contributed by atoms with Gasteiger partial charge < -0.3 is 16.0 Å². The summed E-state index contributed by atoms with van der Waals surface area (Å²) in [6.07, 6.45) is 1.04. The van der Waals surface area contributed by atoms with Gasteiger partial charge >= 0.3 is 0 Å². The van der Waals surface area contributed by atoms with E-state index in [1.165, 1.54) is 12.1 Å². The summed E-state index contributed by atoms with van der Waals surface area (Å²) in [5.74, 6) is -0.156. The smallest absolute Gasteiger partial charge is 0.254 e. The Morgan fingerprint density at radius 3 is 2.95 bits per heavy atom. The van der Waals surface area contributed by atoms with Gasteiger partial charge in [-0.05, 0) is 18.6 Å². The van der Waals surface area contributed by atoms with E-state index in [0.29, 0.717) is 13.1 Å². The van der Waals surface area contributed by atoms with E-state index in [-0.39, 0.29) is 5.56 Å². The van der Waals surface area contributed by atoms with Crippen molar-refractivity contribution < 1.29 is 9.18 Å². The highest BCUT2D eigenvalue weighted by molar-refractivity contribution is 5.94. The standard InChI is InChI=1S/C13H17FN4O/c14-11-5-2-1-4-10(11)12(19)15-8-9-18-13-16-6-3-7-17-13/h1-2,4-5H,3,6-9H2,(H,15,19)(H2,16,17,18). The molecule has 1 aromatic rings. The summed E-state index contributed by atoms with van der Waals surface area (Å²) in [5.41, 5.74) is 0.0654. The zero-order chi connectivity index (χ0) is 13.5. The van der Waals surface area contributed by atoms with E-state index in [1.807, 2.05) is 0 Å². The van der Waals surface area contributed by atoms with Crippen molar-refractivity contribution >= 4 is 11.9 Å². The Hall–Kier alpha value is -2.11. The number of aliphatic imine (C=N–C) groups is 1. The van der Waals surface area contributed by atoms with Crippen LogP contribution in [0.3, 0.4) is 0 Å². The average Bonchev–Trinajstić information content (AvgIpc) is 2.45. The van der Waals surface area contributed by atoms with Gasteiger partial charge in [0.15, 0.2) is 5.96 Å². The first-order chi connectivity index (χ1) is 9.27. The molecule has 1 aliphatic rings. The number of nitrogens with zero attached hydrogens (tertiary/aromatic N) is 1. The van der Waals surface area contributed by atoms with Crippen molar-refractivity contribution in [3.63, 3.8) is 0 Å². The third-order valence-corrected chi connectivity index (χ3v) is 2.72. The van der Waals surface area contributed by atoms with Gasteiger partial charge in [-0.25, -0.2) is 4.39 Å². The van der Waals surface area contributed by atoms with Crippen LogP contribution in [0.15, 0.2) is 29.3 Å². The third-order valence-electron chi connectivity index (χ3n) is 2.72. The molecule has 102 valence electrons. The molecule has 2 rings (SSSR count). The molecule has 19 heavy (non-hydrogen) atoms. The number of benzene rings is 1. The average molecular weight is 264 g/mol. The van der Waals surface area contributed by atoms with Crippen LogP contribution in [0.2, 0.25) is 0 Å². The highest BCUT2D eigenvalue weighted by Crippen LogP contribution is 2.05. The van der Waals surface area contributed by atoms with Crippen LogP contribution in [-0.2, 0) is 0 Å². The molecule has 0 aliphatic carbocycles. The molecule has 0 spiro atoms. The monoisotopic (exact) mass is 264 g/mol. The molecule has 1 heterocycles. The van der Waals surface area contributed by atoms with Gasteiger partial charge in [0.1, 0.15) is 5.82 Å². The molecular formula is C13H17FN4O. The van der Waals surface area contributed by atoms with Gasteiger partial charge in [-0.1, -0.05) is 12.1 Å². The lowest BCUT2D eigenvalue weighted by atomic mass is 10.2. The molecule has 1 aromatic carbocycles. The lowest BCUT2D eigenvalue weighted by Gasteiger charge is -2.16. The Labute approximate surface area is 111 Å². The maximum Gasteiger partial charge on any atom is 0.254 e. The first kappa shape index (κ1) is 13.3. The molecule has 1 aliphatic heterocycles.